The molecule has 0 atom stereocenters. The number of nitrogens with one attached hydrogen (secondary N) is 1. The Labute approximate surface area is 165 Å². The van der Waals surface area contributed by atoms with Crippen molar-refractivity contribution in [2.45, 2.75) is 19.8 Å². The van der Waals surface area contributed by atoms with E-state index in [9.17, 15) is 9.59 Å². The van der Waals surface area contributed by atoms with Crippen LogP contribution in [0.25, 0.3) is 0 Å². The van der Waals surface area contributed by atoms with Gasteiger partial charge in [-0.05, 0) is 49.6 Å². The van der Waals surface area contributed by atoms with E-state index in [2.05, 4.69) is 10.3 Å². The smallest absolute Gasteiger partial charge is 0.409 e. The summed E-state index contributed by atoms with van der Waals surface area (Å²) in [5.41, 5.74) is 3.04. The van der Waals surface area contributed by atoms with Crippen LogP contribution in [0.5, 0.6) is 0 Å². The number of urea groups is 1. The van der Waals surface area contributed by atoms with Crippen molar-refractivity contribution in [2.75, 3.05) is 38.1 Å². The Morgan fingerprint density at radius 1 is 1.00 bits per heavy atom. The lowest BCUT2D eigenvalue weighted by Crippen LogP contribution is -2.51. The van der Waals surface area contributed by atoms with E-state index in [1.807, 2.05) is 42.5 Å². The van der Waals surface area contributed by atoms with Gasteiger partial charge in [0.1, 0.15) is 0 Å². The molecule has 0 bridgehead atoms. The van der Waals surface area contributed by atoms with Crippen LogP contribution >= 0.6 is 0 Å². The van der Waals surface area contributed by atoms with Crippen molar-refractivity contribution in [2.24, 2.45) is 0 Å². The van der Waals surface area contributed by atoms with Gasteiger partial charge in [-0.3, -0.25) is 4.98 Å². The molecule has 0 saturated carbocycles. The summed E-state index contributed by atoms with van der Waals surface area (Å²) in [5.74, 6) is 0. The van der Waals surface area contributed by atoms with Crippen molar-refractivity contribution in [3.8, 4) is 0 Å². The van der Waals surface area contributed by atoms with Crippen molar-refractivity contribution >= 4 is 17.8 Å². The Hall–Kier alpha value is -3.09. The second-order valence-corrected chi connectivity index (χ2v) is 6.62. The molecule has 1 aliphatic rings. The number of nitrogens with zero attached hydrogens (tertiary/aromatic N) is 3. The van der Waals surface area contributed by atoms with Gasteiger partial charge in [-0.15, -0.1) is 0 Å². The van der Waals surface area contributed by atoms with Crippen molar-refractivity contribution in [1.82, 2.24) is 14.8 Å². The molecule has 0 unspecified atom stereocenters. The number of hydrogen-bond acceptors (Lipinski definition) is 4. The van der Waals surface area contributed by atoms with Gasteiger partial charge in [0.05, 0.1) is 6.61 Å². The number of carbonyl (C=O) groups excluding carboxylic acids is 2. The summed E-state index contributed by atoms with van der Waals surface area (Å²) in [6.45, 7) is 4.10. The fourth-order valence-corrected chi connectivity index (χ4v) is 3.08. The number of carbonyl (C=O) groups is 2. The lowest BCUT2D eigenvalue weighted by molar-refractivity contribution is 0.0868. The maximum atomic E-state index is 12.4. The van der Waals surface area contributed by atoms with E-state index in [1.165, 1.54) is 5.56 Å². The number of anilines is 1. The van der Waals surface area contributed by atoms with Crippen LogP contribution < -0.4 is 5.32 Å². The molecule has 7 nitrogen and oxygen atoms in total. The Kier molecular flexibility index (Phi) is 6.84. The largest absolute Gasteiger partial charge is 0.450 e. The van der Waals surface area contributed by atoms with Crippen molar-refractivity contribution in [3.63, 3.8) is 0 Å². The van der Waals surface area contributed by atoms with Crippen LogP contribution in [0.1, 0.15) is 18.2 Å². The molecule has 3 rings (SSSR count). The first-order valence-electron chi connectivity index (χ1n) is 9.62. The third-order valence-electron chi connectivity index (χ3n) is 4.69. The molecule has 1 aliphatic heterocycles. The highest BCUT2D eigenvalue weighted by atomic mass is 16.6. The molecule has 2 heterocycles. The van der Waals surface area contributed by atoms with E-state index in [-0.39, 0.29) is 12.1 Å². The Morgan fingerprint density at radius 2 is 1.71 bits per heavy atom. The number of hydrogen-bond donors (Lipinski definition) is 1. The second-order valence-electron chi connectivity index (χ2n) is 6.62. The minimum Gasteiger partial charge on any atom is -0.450 e. The average Bonchev–Trinajstić information content (AvgIpc) is 2.74. The molecule has 1 N–H and O–H groups in total. The number of amides is 3. The van der Waals surface area contributed by atoms with Crippen LogP contribution in [0.3, 0.4) is 0 Å². The van der Waals surface area contributed by atoms with Crippen LogP contribution in [0.15, 0.2) is 48.7 Å². The zero-order chi connectivity index (χ0) is 19.8. The van der Waals surface area contributed by atoms with Crippen molar-refractivity contribution in [3.05, 3.63) is 59.9 Å². The number of piperazine rings is 1. The third kappa shape index (κ3) is 5.45. The van der Waals surface area contributed by atoms with Gasteiger partial charge in [-0.25, -0.2) is 9.59 Å². The molecule has 0 aliphatic carbocycles. The molecule has 7 heteroatoms. The topological polar surface area (TPSA) is 74.8 Å². The van der Waals surface area contributed by atoms with Crippen molar-refractivity contribution in [1.29, 1.82) is 0 Å². The summed E-state index contributed by atoms with van der Waals surface area (Å²) >= 11 is 0. The van der Waals surface area contributed by atoms with Crippen LogP contribution in [-0.2, 0) is 17.6 Å². The zero-order valence-corrected chi connectivity index (χ0v) is 16.1. The molecule has 0 radical (unpaired) electrons. The zero-order valence-electron chi connectivity index (χ0n) is 16.1. The summed E-state index contributed by atoms with van der Waals surface area (Å²) in [5, 5.41) is 2.92. The first-order valence-corrected chi connectivity index (χ1v) is 9.62. The molecule has 3 amide bonds. The summed E-state index contributed by atoms with van der Waals surface area (Å²) < 4.78 is 5.00. The van der Waals surface area contributed by atoms with Crippen LogP contribution in [0, 0.1) is 0 Å². The van der Waals surface area contributed by atoms with E-state index in [0.29, 0.717) is 32.8 Å². The quantitative estimate of drug-likeness (QED) is 0.862. The molecule has 1 saturated heterocycles. The number of pyridine rings is 1. The van der Waals surface area contributed by atoms with Gasteiger partial charge in [0.15, 0.2) is 0 Å². The first-order chi connectivity index (χ1) is 13.7. The van der Waals surface area contributed by atoms with E-state index in [4.69, 9.17) is 4.74 Å². The fourth-order valence-electron chi connectivity index (χ4n) is 3.08. The fraction of sp³-hybridized carbons (Fsp3) is 0.381. The van der Waals surface area contributed by atoms with Crippen LogP contribution in [-0.4, -0.2) is 59.7 Å². The number of ether oxygens (including phenoxy) is 1. The number of aryl methyl sites for hydroxylation is 2. The monoisotopic (exact) mass is 382 g/mol. The maximum absolute atomic E-state index is 12.4. The molecule has 1 aromatic heterocycles. The van der Waals surface area contributed by atoms with Gasteiger partial charge in [-0.1, -0.05) is 18.2 Å². The van der Waals surface area contributed by atoms with E-state index in [0.717, 1.165) is 24.2 Å². The maximum Gasteiger partial charge on any atom is 0.409 e. The van der Waals surface area contributed by atoms with Gasteiger partial charge in [-0.2, -0.15) is 0 Å². The van der Waals surface area contributed by atoms with Gasteiger partial charge in [0, 0.05) is 43.8 Å². The molecule has 2 aromatic rings. The molecule has 28 heavy (non-hydrogen) atoms. The predicted molar refractivity (Wildman–Crippen MR) is 107 cm³/mol. The number of aromatic nitrogens is 1. The number of benzene rings is 1. The van der Waals surface area contributed by atoms with E-state index in [1.54, 1.807) is 22.9 Å². The van der Waals surface area contributed by atoms with Crippen molar-refractivity contribution < 1.29 is 14.3 Å². The van der Waals surface area contributed by atoms with Gasteiger partial charge in [0.25, 0.3) is 0 Å². The summed E-state index contributed by atoms with van der Waals surface area (Å²) in [6.07, 6.45) is 3.28. The summed E-state index contributed by atoms with van der Waals surface area (Å²) in [4.78, 5) is 31.8. The van der Waals surface area contributed by atoms with Gasteiger partial charge in [0.2, 0.25) is 0 Å². The molecule has 1 aromatic carbocycles. The molecule has 1 fully saturated rings. The lowest BCUT2D eigenvalue weighted by Gasteiger charge is -2.34. The van der Waals surface area contributed by atoms with E-state index >= 15 is 0 Å². The number of rotatable bonds is 5. The third-order valence-corrected chi connectivity index (χ3v) is 4.69. The predicted octanol–water partition coefficient (Wildman–Crippen LogP) is 3.17. The Morgan fingerprint density at radius 3 is 2.36 bits per heavy atom. The highest BCUT2D eigenvalue weighted by Gasteiger charge is 2.24. The SMILES string of the molecule is CCOC(=O)N1CCN(C(=O)Nc2ccc(CCc3ccccn3)cc2)CC1. The average molecular weight is 382 g/mol. The molecular weight excluding hydrogens is 356 g/mol. The highest BCUT2D eigenvalue weighted by Crippen LogP contribution is 2.13. The standard InChI is InChI=1S/C21H26N4O3/c1-2-28-21(27)25-15-13-24(14-16-25)20(26)23-19-10-7-17(8-11-19)6-9-18-5-3-4-12-22-18/h3-5,7-8,10-12H,2,6,9,13-16H2,1H3,(H,23,26). The van der Waals surface area contributed by atoms with E-state index < -0.39 is 0 Å². The highest BCUT2D eigenvalue weighted by molar-refractivity contribution is 5.89. The molecule has 0 spiro atoms. The van der Waals surface area contributed by atoms with Gasteiger partial charge >= 0.3 is 12.1 Å². The molecule has 148 valence electrons. The summed E-state index contributed by atoms with van der Waals surface area (Å²) in [6, 6.07) is 13.7. The summed E-state index contributed by atoms with van der Waals surface area (Å²) in [7, 11) is 0. The Balaban J connectivity index is 1.45. The lowest BCUT2D eigenvalue weighted by atomic mass is 10.1. The minimum absolute atomic E-state index is 0.148. The minimum atomic E-state index is -0.316. The molecular formula is C21H26N4O3. The Bertz CT molecular complexity index is 772. The first kappa shape index (κ1) is 19.7. The van der Waals surface area contributed by atoms with Crippen LogP contribution in [0.4, 0.5) is 15.3 Å². The normalized spacial score (nSPS) is 13.9. The van der Waals surface area contributed by atoms with Crippen LogP contribution in [0.2, 0.25) is 0 Å². The second kappa shape index (κ2) is 9.73. The van der Waals surface area contributed by atoms with Gasteiger partial charge < -0.3 is 19.9 Å².